The van der Waals surface area contributed by atoms with Crippen LogP contribution in [0.5, 0.6) is 0 Å². The predicted molar refractivity (Wildman–Crippen MR) is 97.2 cm³/mol. The van der Waals surface area contributed by atoms with Gasteiger partial charge in [-0.3, -0.25) is 4.79 Å². The Morgan fingerprint density at radius 1 is 1.19 bits per heavy atom. The number of amides is 1. The summed E-state index contributed by atoms with van der Waals surface area (Å²) in [6, 6.07) is 6.63. The van der Waals surface area contributed by atoms with E-state index in [1.54, 1.807) is 18.3 Å². The first kappa shape index (κ1) is 17.5. The number of nitrogens with one attached hydrogen (secondary N) is 1. The molecule has 6 heteroatoms. The Kier molecular flexibility index (Phi) is 4.67. The number of hydrogen-bond acceptors (Lipinski definition) is 3. The molecule has 1 N–H and O–H groups in total. The fourth-order valence-electron chi connectivity index (χ4n) is 2.63. The number of aromatic nitrogens is 1. The Morgan fingerprint density at radius 3 is 2.50 bits per heavy atom. The highest BCUT2D eigenvalue weighted by molar-refractivity contribution is 6.04. The highest BCUT2D eigenvalue weighted by atomic mass is 19.1. The molecule has 0 fully saturated rings. The van der Waals surface area contributed by atoms with Gasteiger partial charge in [-0.25, -0.2) is 13.8 Å². The Balaban J connectivity index is 1.81. The molecule has 2 aromatic rings. The highest BCUT2D eigenvalue weighted by Crippen LogP contribution is 2.29. The summed E-state index contributed by atoms with van der Waals surface area (Å²) in [6.45, 7) is 5.92. The minimum Gasteiger partial charge on any atom is -0.351 e. The Morgan fingerprint density at radius 2 is 1.88 bits per heavy atom. The first-order valence-electron chi connectivity index (χ1n) is 7.91. The number of hydrogen-bond donors (Lipinski definition) is 1. The molecule has 0 atom stereocenters. The summed E-state index contributed by atoms with van der Waals surface area (Å²) >= 11 is 0. The number of pyridine rings is 1. The van der Waals surface area contributed by atoms with Gasteiger partial charge in [0.2, 0.25) is 0 Å². The lowest BCUT2D eigenvalue weighted by Crippen LogP contribution is -2.16. The molecular weight excluding hydrogens is 336 g/mol. The smallest absolute Gasteiger partial charge is 0.262 e. The molecule has 3 rings (SSSR count). The molecule has 1 aliphatic heterocycles. The van der Waals surface area contributed by atoms with E-state index in [1.807, 2.05) is 31.1 Å². The molecule has 0 saturated carbocycles. The molecule has 132 valence electrons. The largest absolute Gasteiger partial charge is 0.351 e. The van der Waals surface area contributed by atoms with Crippen molar-refractivity contribution in [2.45, 2.75) is 6.92 Å². The van der Waals surface area contributed by atoms with Crippen LogP contribution in [0.2, 0.25) is 0 Å². The Labute approximate surface area is 150 Å². The summed E-state index contributed by atoms with van der Waals surface area (Å²) < 4.78 is 27.4. The number of benzene rings is 1. The summed E-state index contributed by atoms with van der Waals surface area (Å²) in [5.74, 6) is -2.52. The number of rotatable bonds is 3. The molecule has 0 spiro atoms. The van der Waals surface area contributed by atoms with Crippen molar-refractivity contribution in [1.82, 2.24) is 9.88 Å². The van der Waals surface area contributed by atoms with Crippen LogP contribution in [-0.4, -0.2) is 22.8 Å². The third-order valence-corrected chi connectivity index (χ3v) is 4.09. The molecule has 26 heavy (non-hydrogen) atoms. The van der Waals surface area contributed by atoms with Crippen LogP contribution in [0.3, 0.4) is 0 Å². The normalized spacial score (nSPS) is 14.0. The van der Waals surface area contributed by atoms with Gasteiger partial charge in [-0.15, -0.1) is 0 Å². The summed E-state index contributed by atoms with van der Waals surface area (Å²) in [4.78, 5) is 18.2. The molecule has 4 nitrogen and oxygen atoms in total. The van der Waals surface area contributed by atoms with Crippen LogP contribution in [0, 0.1) is 11.6 Å². The molecule has 0 saturated heterocycles. The fourth-order valence-corrected chi connectivity index (χ4v) is 2.63. The van der Waals surface area contributed by atoms with Crippen LogP contribution < -0.4 is 5.32 Å². The Hall–Kier alpha value is -3.28. The zero-order valence-electron chi connectivity index (χ0n) is 14.4. The zero-order valence-corrected chi connectivity index (χ0v) is 14.4. The van der Waals surface area contributed by atoms with E-state index in [0.29, 0.717) is 0 Å². The van der Waals surface area contributed by atoms with Crippen molar-refractivity contribution in [3.05, 3.63) is 89.4 Å². The molecule has 2 heterocycles. The van der Waals surface area contributed by atoms with Crippen molar-refractivity contribution in [3.63, 3.8) is 0 Å². The lowest BCUT2D eigenvalue weighted by atomic mass is 9.98. The lowest BCUT2D eigenvalue weighted by Gasteiger charge is -2.23. The van der Waals surface area contributed by atoms with Gasteiger partial charge in [-0.2, -0.15) is 0 Å². The van der Waals surface area contributed by atoms with Crippen LogP contribution in [0.15, 0.2) is 66.7 Å². The van der Waals surface area contributed by atoms with E-state index in [9.17, 15) is 13.6 Å². The average Bonchev–Trinajstić information content (AvgIpc) is 2.59. The second kappa shape index (κ2) is 6.92. The molecule has 1 aromatic carbocycles. The summed E-state index contributed by atoms with van der Waals surface area (Å²) in [5, 5.41) is 2.41. The molecular formula is C20H17F2N3O. The maximum atomic E-state index is 13.7. The molecule has 0 radical (unpaired) electrons. The van der Waals surface area contributed by atoms with Crippen LogP contribution in [0.4, 0.5) is 14.6 Å². The number of halogens is 2. The van der Waals surface area contributed by atoms with Crippen molar-refractivity contribution in [3.8, 4) is 0 Å². The first-order chi connectivity index (χ1) is 12.4. The van der Waals surface area contributed by atoms with E-state index in [4.69, 9.17) is 0 Å². The van der Waals surface area contributed by atoms with Crippen molar-refractivity contribution >= 4 is 17.3 Å². The molecule has 0 unspecified atom stereocenters. The first-order valence-corrected chi connectivity index (χ1v) is 7.91. The third-order valence-electron chi connectivity index (χ3n) is 4.09. The van der Waals surface area contributed by atoms with Gasteiger partial charge in [0.25, 0.3) is 5.91 Å². The minimum atomic E-state index is -0.921. The van der Waals surface area contributed by atoms with Gasteiger partial charge in [-0.1, -0.05) is 12.6 Å². The fraction of sp³-hybridized carbons (Fsp3) is 0.100. The lowest BCUT2D eigenvalue weighted by molar-refractivity contribution is 0.101. The van der Waals surface area contributed by atoms with Crippen molar-refractivity contribution in [1.29, 1.82) is 0 Å². The van der Waals surface area contributed by atoms with E-state index in [1.165, 1.54) is 6.07 Å². The summed E-state index contributed by atoms with van der Waals surface area (Å²) in [6.07, 6.45) is 5.51. The van der Waals surface area contributed by atoms with Crippen LogP contribution >= 0.6 is 0 Å². The standard InChI is InChI=1S/C20H17F2N3O/c1-12-9-13(2)25(3)11-15(12)14-7-8-18(23-10-14)24-20(26)19-16(21)5-4-6-17(19)22/h4-11H,2H2,1,3H3,(H,23,24,26). The summed E-state index contributed by atoms with van der Waals surface area (Å²) in [5.41, 5.74) is 3.13. The quantitative estimate of drug-likeness (QED) is 0.892. The number of allylic oxidation sites excluding steroid dienone is 3. The maximum absolute atomic E-state index is 13.7. The highest BCUT2D eigenvalue weighted by Gasteiger charge is 2.18. The number of carbonyl (C=O) groups is 1. The molecule has 0 aliphatic carbocycles. The van der Waals surface area contributed by atoms with Gasteiger partial charge in [0.05, 0.1) is 0 Å². The number of carbonyl (C=O) groups excluding carboxylic acids is 1. The number of likely N-dealkylation sites (N-methyl/N-ethyl adjacent to an activating group) is 1. The van der Waals surface area contributed by atoms with E-state index in [2.05, 4.69) is 16.9 Å². The minimum absolute atomic E-state index is 0.206. The maximum Gasteiger partial charge on any atom is 0.262 e. The average molecular weight is 353 g/mol. The van der Waals surface area contributed by atoms with Gasteiger partial charge in [0.15, 0.2) is 0 Å². The van der Waals surface area contributed by atoms with E-state index >= 15 is 0 Å². The van der Waals surface area contributed by atoms with Gasteiger partial charge in [0, 0.05) is 36.3 Å². The van der Waals surface area contributed by atoms with Gasteiger partial charge >= 0.3 is 0 Å². The Bertz CT molecular complexity index is 926. The van der Waals surface area contributed by atoms with Gasteiger partial charge in [0.1, 0.15) is 23.0 Å². The molecule has 0 bridgehead atoms. The SMILES string of the molecule is C=C1C=C(C)C(c2ccc(NC(=O)c3c(F)cccc3F)nc2)=CN1C. The third kappa shape index (κ3) is 3.39. The van der Waals surface area contributed by atoms with Gasteiger partial charge in [-0.05, 0) is 42.8 Å². The van der Waals surface area contributed by atoms with Crippen molar-refractivity contribution < 1.29 is 13.6 Å². The topological polar surface area (TPSA) is 45.2 Å². The van der Waals surface area contributed by atoms with Gasteiger partial charge < -0.3 is 10.2 Å². The second-order valence-corrected chi connectivity index (χ2v) is 5.96. The molecule has 1 aromatic heterocycles. The summed E-state index contributed by atoms with van der Waals surface area (Å²) in [7, 11) is 1.90. The van der Waals surface area contributed by atoms with E-state index < -0.39 is 23.1 Å². The zero-order chi connectivity index (χ0) is 18.8. The molecule has 1 aliphatic rings. The number of anilines is 1. The monoisotopic (exact) mass is 353 g/mol. The predicted octanol–water partition coefficient (Wildman–Crippen LogP) is 4.36. The van der Waals surface area contributed by atoms with Crippen molar-refractivity contribution in [2.75, 3.05) is 12.4 Å². The van der Waals surface area contributed by atoms with E-state index in [-0.39, 0.29) is 5.82 Å². The van der Waals surface area contributed by atoms with Crippen LogP contribution in [0.1, 0.15) is 22.8 Å². The number of nitrogens with zero attached hydrogens (tertiary/aromatic N) is 2. The van der Waals surface area contributed by atoms with Crippen LogP contribution in [0.25, 0.3) is 5.57 Å². The second-order valence-electron chi connectivity index (χ2n) is 5.96. The molecule has 1 amide bonds. The van der Waals surface area contributed by atoms with E-state index in [0.717, 1.165) is 34.5 Å². The van der Waals surface area contributed by atoms with Crippen molar-refractivity contribution in [2.24, 2.45) is 0 Å². The van der Waals surface area contributed by atoms with Crippen LogP contribution in [-0.2, 0) is 0 Å².